The molecule has 2 aromatic heterocycles. The van der Waals surface area contributed by atoms with Gasteiger partial charge in [0.25, 0.3) is 0 Å². The van der Waals surface area contributed by atoms with Crippen LogP contribution in [0.25, 0.3) is 32.9 Å². The van der Waals surface area contributed by atoms with Gasteiger partial charge in [0.15, 0.2) is 0 Å². The number of aromatic nitrogens is 3. The van der Waals surface area contributed by atoms with E-state index in [1.807, 2.05) is 6.20 Å². The summed E-state index contributed by atoms with van der Waals surface area (Å²) in [7, 11) is 2.08. The number of hydrogen-bond donors (Lipinski definition) is 0. The fraction of sp³-hybridized carbons (Fsp3) is 0.111. The van der Waals surface area contributed by atoms with Crippen LogP contribution in [0.1, 0.15) is 0 Å². The Morgan fingerprint density at radius 2 is 1.86 bits per heavy atom. The van der Waals surface area contributed by atoms with Crippen LogP contribution in [0, 0.1) is 0 Å². The first kappa shape index (κ1) is 13.3. The van der Waals surface area contributed by atoms with Crippen molar-refractivity contribution >= 4 is 33.6 Å². The second kappa shape index (κ2) is 5.14. The van der Waals surface area contributed by atoms with Crippen molar-refractivity contribution in [3.8, 4) is 11.1 Å². The Hall–Kier alpha value is -2.33. The molecule has 0 aliphatic carbocycles. The average molecular weight is 305 g/mol. The standard InChI is InChI=1S/C18H15N3S/c1-21-8-7-14-16-10-19-11-20-17(16)9-15(18(14)21)12-3-5-13(22-2)6-4-12/h3-11H,1-2H3. The van der Waals surface area contributed by atoms with Crippen molar-refractivity contribution in [2.24, 2.45) is 7.05 Å². The lowest BCUT2D eigenvalue weighted by Crippen LogP contribution is -1.91. The van der Waals surface area contributed by atoms with Gasteiger partial charge in [-0.05, 0) is 36.1 Å². The number of thioether (sulfide) groups is 1. The summed E-state index contributed by atoms with van der Waals surface area (Å²) in [5.74, 6) is 0. The molecule has 0 amide bonds. The second-order valence-electron chi connectivity index (χ2n) is 5.30. The second-order valence-corrected chi connectivity index (χ2v) is 6.18. The zero-order chi connectivity index (χ0) is 15.1. The number of rotatable bonds is 2. The minimum atomic E-state index is 0.984. The van der Waals surface area contributed by atoms with Gasteiger partial charge in [-0.15, -0.1) is 11.8 Å². The van der Waals surface area contributed by atoms with E-state index >= 15 is 0 Å². The maximum absolute atomic E-state index is 4.44. The van der Waals surface area contributed by atoms with E-state index in [2.05, 4.69) is 70.4 Å². The van der Waals surface area contributed by atoms with Crippen molar-refractivity contribution < 1.29 is 0 Å². The van der Waals surface area contributed by atoms with Crippen LogP contribution < -0.4 is 0 Å². The predicted molar refractivity (Wildman–Crippen MR) is 93.2 cm³/mol. The Labute approximate surface area is 133 Å². The van der Waals surface area contributed by atoms with Crippen LogP contribution in [0.5, 0.6) is 0 Å². The van der Waals surface area contributed by atoms with E-state index in [4.69, 9.17) is 0 Å². The molecule has 2 heterocycles. The molecule has 22 heavy (non-hydrogen) atoms. The van der Waals surface area contributed by atoms with Gasteiger partial charge in [0.1, 0.15) is 6.33 Å². The SMILES string of the molecule is CSc1ccc(-c2cc3ncncc3c3ccn(C)c23)cc1. The van der Waals surface area contributed by atoms with Gasteiger partial charge >= 0.3 is 0 Å². The largest absolute Gasteiger partial charge is 0.350 e. The highest BCUT2D eigenvalue weighted by atomic mass is 32.2. The Kier molecular flexibility index (Phi) is 3.12. The van der Waals surface area contributed by atoms with Gasteiger partial charge in [-0.25, -0.2) is 9.97 Å². The van der Waals surface area contributed by atoms with Crippen LogP contribution in [0.15, 0.2) is 60.0 Å². The zero-order valence-corrected chi connectivity index (χ0v) is 13.3. The Morgan fingerprint density at radius 1 is 1.05 bits per heavy atom. The monoisotopic (exact) mass is 305 g/mol. The molecule has 0 spiro atoms. The molecule has 0 unspecified atom stereocenters. The molecule has 0 aliphatic rings. The molecule has 2 aromatic carbocycles. The van der Waals surface area contributed by atoms with Crippen molar-refractivity contribution in [1.29, 1.82) is 0 Å². The summed E-state index contributed by atoms with van der Waals surface area (Å²) in [5, 5.41) is 2.30. The Balaban J connectivity index is 2.07. The normalized spacial score (nSPS) is 11.4. The van der Waals surface area contributed by atoms with Crippen LogP contribution in [-0.2, 0) is 7.05 Å². The predicted octanol–water partition coefficient (Wildman–Crippen LogP) is 4.51. The highest BCUT2D eigenvalue weighted by molar-refractivity contribution is 7.98. The van der Waals surface area contributed by atoms with Crippen LogP contribution in [0.3, 0.4) is 0 Å². The van der Waals surface area contributed by atoms with E-state index in [-0.39, 0.29) is 0 Å². The van der Waals surface area contributed by atoms with E-state index in [0.717, 1.165) is 10.9 Å². The lowest BCUT2D eigenvalue weighted by atomic mass is 10.0. The van der Waals surface area contributed by atoms with Crippen molar-refractivity contribution in [2.75, 3.05) is 6.26 Å². The molecule has 0 saturated heterocycles. The van der Waals surface area contributed by atoms with Gasteiger partial charge in [0.05, 0.1) is 11.0 Å². The smallest absolute Gasteiger partial charge is 0.116 e. The third-order valence-electron chi connectivity index (χ3n) is 4.04. The molecule has 4 aromatic rings. The third kappa shape index (κ3) is 1.99. The summed E-state index contributed by atoms with van der Waals surface area (Å²) in [4.78, 5) is 9.88. The molecule has 4 heteroatoms. The summed E-state index contributed by atoms with van der Waals surface area (Å²) < 4.78 is 2.17. The first-order chi connectivity index (χ1) is 10.8. The average Bonchev–Trinajstić information content (AvgIpc) is 2.97. The molecule has 108 valence electrons. The van der Waals surface area contributed by atoms with E-state index in [1.165, 1.54) is 26.9 Å². The first-order valence-electron chi connectivity index (χ1n) is 7.10. The van der Waals surface area contributed by atoms with Gasteiger partial charge in [0.2, 0.25) is 0 Å². The molecule has 0 N–H and O–H groups in total. The molecule has 0 radical (unpaired) electrons. The molecule has 0 atom stereocenters. The van der Waals surface area contributed by atoms with Crippen LogP contribution in [-0.4, -0.2) is 20.8 Å². The fourth-order valence-corrected chi connectivity index (χ4v) is 3.35. The minimum Gasteiger partial charge on any atom is -0.350 e. The molecule has 0 aliphatic heterocycles. The van der Waals surface area contributed by atoms with E-state index in [0.29, 0.717) is 0 Å². The molecule has 0 bridgehead atoms. The quantitative estimate of drug-likeness (QED) is 0.510. The summed E-state index contributed by atoms with van der Waals surface area (Å²) >= 11 is 1.76. The van der Waals surface area contributed by atoms with Gasteiger partial charge in [0, 0.05) is 40.7 Å². The summed E-state index contributed by atoms with van der Waals surface area (Å²) in [6.45, 7) is 0. The number of fused-ring (bicyclic) bond motifs is 3. The summed E-state index contributed by atoms with van der Waals surface area (Å²) in [6, 6.07) is 13.0. The van der Waals surface area contributed by atoms with Crippen molar-refractivity contribution in [2.45, 2.75) is 4.90 Å². The van der Waals surface area contributed by atoms with Crippen LogP contribution in [0.4, 0.5) is 0 Å². The molecular formula is C18H15N3S. The van der Waals surface area contributed by atoms with Crippen LogP contribution >= 0.6 is 11.8 Å². The van der Waals surface area contributed by atoms with Gasteiger partial charge in [-0.3, -0.25) is 0 Å². The summed E-state index contributed by atoms with van der Waals surface area (Å²) in [5.41, 5.74) is 4.63. The Bertz CT molecular complexity index is 971. The fourth-order valence-electron chi connectivity index (χ4n) is 2.94. The molecule has 4 rings (SSSR count). The molecule has 3 nitrogen and oxygen atoms in total. The highest BCUT2D eigenvalue weighted by Crippen LogP contribution is 2.34. The zero-order valence-electron chi connectivity index (χ0n) is 12.4. The van der Waals surface area contributed by atoms with Gasteiger partial charge in [-0.1, -0.05) is 12.1 Å². The minimum absolute atomic E-state index is 0.984. The lowest BCUT2D eigenvalue weighted by molar-refractivity contribution is 0.970. The Morgan fingerprint density at radius 3 is 2.64 bits per heavy atom. The van der Waals surface area contributed by atoms with Crippen molar-refractivity contribution in [1.82, 2.24) is 14.5 Å². The number of benzene rings is 2. The highest BCUT2D eigenvalue weighted by Gasteiger charge is 2.12. The molecule has 0 fully saturated rings. The van der Waals surface area contributed by atoms with E-state index in [1.54, 1.807) is 18.1 Å². The van der Waals surface area contributed by atoms with E-state index in [9.17, 15) is 0 Å². The van der Waals surface area contributed by atoms with Gasteiger partial charge in [-0.2, -0.15) is 0 Å². The third-order valence-corrected chi connectivity index (χ3v) is 4.79. The molecular weight excluding hydrogens is 290 g/mol. The first-order valence-corrected chi connectivity index (χ1v) is 8.32. The molecule has 0 saturated carbocycles. The van der Waals surface area contributed by atoms with Crippen molar-refractivity contribution in [3.05, 3.63) is 55.1 Å². The number of nitrogens with zero attached hydrogens (tertiary/aromatic N) is 3. The lowest BCUT2D eigenvalue weighted by Gasteiger charge is -2.10. The number of aryl methyl sites for hydroxylation is 1. The topological polar surface area (TPSA) is 30.7 Å². The number of hydrogen-bond acceptors (Lipinski definition) is 3. The maximum Gasteiger partial charge on any atom is 0.116 e. The maximum atomic E-state index is 4.44. The van der Waals surface area contributed by atoms with Crippen LogP contribution in [0.2, 0.25) is 0 Å². The van der Waals surface area contributed by atoms with E-state index < -0.39 is 0 Å². The van der Waals surface area contributed by atoms with Gasteiger partial charge < -0.3 is 4.57 Å². The van der Waals surface area contributed by atoms with Crippen molar-refractivity contribution in [3.63, 3.8) is 0 Å². The summed E-state index contributed by atoms with van der Waals surface area (Å²) in [6.07, 6.45) is 7.69.